The monoisotopic (exact) mass is 289 g/mol. The molecule has 0 aliphatic carbocycles. The lowest BCUT2D eigenvalue weighted by Crippen LogP contribution is -2.25. The Bertz CT molecular complexity index is 839. The highest BCUT2D eigenvalue weighted by Gasteiger charge is 2.24. The van der Waals surface area contributed by atoms with Gasteiger partial charge in [-0.1, -0.05) is 54.6 Å². The van der Waals surface area contributed by atoms with Gasteiger partial charge in [-0.05, 0) is 24.0 Å². The summed E-state index contributed by atoms with van der Waals surface area (Å²) in [4.78, 5) is 2.33. The highest BCUT2D eigenvalue weighted by Crippen LogP contribution is 2.47. The zero-order valence-corrected chi connectivity index (χ0v) is 12.7. The van der Waals surface area contributed by atoms with E-state index in [-0.39, 0.29) is 0 Å². The molecule has 0 atom stereocenters. The van der Waals surface area contributed by atoms with Crippen molar-refractivity contribution in [3.8, 4) is 16.9 Å². The first-order valence-electron chi connectivity index (χ1n) is 7.80. The summed E-state index contributed by atoms with van der Waals surface area (Å²) in [6, 6.07) is 18.4. The molecule has 0 unspecified atom stereocenters. The van der Waals surface area contributed by atoms with E-state index in [4.69, 9.17) is 0 Å². The Morgan fingerprint density at radius 2 is 1.59 bits per heavy atom. The molecule has 2 heteroatoms. The molecule has 0 amide bonds. The summed E-state index contributed by atoms with van der Waals surface area (Å²) in [7, 11) is 2.15. The summed E-state index contributed by atoms with van der Waals surface area (Å²) in [5.41, 5.74) is 4.65. The van der Waals surface area contributed by atoms with Crippen molar-refractivity contribution in [1.29, 1.82) is 0 Å². The maximum Gasteiger partial charge on any atom is 0.131 e. The van der Waals surface area contributed by atoms with Crippen molar-refractivity contribution in [3.63, 3.8) is 0 Å². The molecule has 0 spiro atoms. The van der Waals surface area contributed by atoms with Crippen LogP contribution in [0.15, 0.2) is 54.6 Å². The van der Waals surface area contributed by atoms with Crippen molar-refractivity contribution in [2.24, 2.45) is 0 Å². The SMILES string of the molecule is CN1CCCc2c(-c3ccccc3)c(O)c3ccccc3c21. The molecule has 0 saturated carbocycles. The van der Waals surface area contributed by atoms with Crippen LogP contribution < -0.4 is 4.90 Å². The third kappa shape index (κ3) is 1.87. The van der Waals surface area contributed by atoms with Crippen LogP contribution >= 0.6 is 0 Å². The second-order valence-corrected chi connectivity index (χ2v) is 5.99. The smallest absolute Gasteiger partial charge is 0.131 e. The standard InChI is InChI=1S/C20H19NO/c1-21-13-7-12-17-18(14-8-3-2-4-9-14)20(22)16-11-6-5-10-15(16)19(17)21/h2-6,8-11,22H,7,12-13H2,1H3. The van der Waals surface area contributed by atoms with Crippen LogP contribution in [0.25, 0.3) is 21.9 Å². The molecule has 0 fully saturated rings. The minimum absolute atomic E-state index is 0.413. The summed E-state index contributed by atoms with van der Waals surface area (Å²) in [6.07, 6.45) is 2.14. The van der Waals surface area contributed by atoms with Crippen LogP contribution in [-0.2, 0) is 6.42 Å². The van der Waals surface area contributed by atoms with E-state index >= 15 is 0 Å². The molecule has 4 rings (SSSR count). The second-order valence-electron chi connectivity index (χ2n) is 5.99. The topological polar surface area (TPSA) is 23.5 Å². The Morgan fingerprint density at radius 1 is 0.909 bits per heavy atom. The summed E-state index contributed by atoms with van der Waals surface area (Å²) in [6.45, 7) is 1.07. The normalized spacial score (nSPS) is 14.1. The molecule has 0 aromatic heterocycles. The number of hydrogen-bond donors (Lipinski definition) is 1. The number of hydrogen-bond acceptors (Lipinski definition) is 2. The number of nitrogens with zero attached hydrogens (tertiary/aromatic N) is 1. The van der Waals surface area contributed by atoms with E-state index in [1.807, 2.05) is 36.4 Å². The summed E-state index contributed by atoms with van der Waals surface area (Å²) in [5.74, 6) is 0.413. The fourth-order valence-electron chi connectivity index (χ4n) is 3.65. The van der Waals surface area contributed by atoms with Crippen molar-refractivity contribution in [2.45, 2.75) is 12.8 Å². The molecule has 0 radical (unpaired) electrons. The van der Waals surface area contributed by atoms with Gasteiger partial charge in [0.2, 0.25) is 0 Å². The van der Waals surface area contributed by atoms with Crippen LogP contribution in [-0.4, -0.2) is 18.7 Å². The first-order chi connectivity index (χ1) is 10.8. The number of benzene rings is 3. The Kier molecular flexibility index (Phi) is 3.04. The lowest BCUT2D eigenvalue weighted by molar-refractivity contribution is 0.482. The Labute approximate surface area is 130 Å². The van der Waals surface area contributed by atoms with Gasteiger partial charge in [0.25, 0.3) is 0 Å². The van der Waals surface area contributed by atoms with Crippen LogP contribution in [0.3, 0.4) is 0 Å². The molecular formula is C20H19NO. The Hall–Kier alpha value is -2.48. The van der Waals surface area contributed by atoms with Crippen LogP contribution in [0.5, 0.6) is 5.75 Å². The fourth-order valence-corrected chi connectivity index (χ4v) is 3.65. The molecule has 1 N–H and O–H groups in total. The second kappa shape index (κ2) is 5.06. The number of rotatable bonds is 1. The minimum atomic E-state index is 0.413. The summed E-state index contributed by atoms with van der Waals surface area (Å²) in [5, 5.41) is 13.0. The maximum absolute atomic E-state index is 10.9. The molecule has 110 valence electrons. The van der Waals surface area contributed by atoms with Gasteiger partial charge in [0.05, 0.1) is 0 Å². The van der Waals surface area contributed by atoms with Crippen molar-refractivity contribution in [3.05, 3.63) is 60.2 Å². The highest BCUT2D eigenvalue weighted by atomic mass is 16.3. The molecule has 1 aliphatic heterocycles. The van der Waals surface area contributed by atoms with Crippen molar-refractivity contribution in [1.82, 2.24) is 0 Å². The van der Waals surface area contributed by atoms with Crippen molar-refractivity contribution in [2.75, 3.05) is 18.5 Å². The van der Waals surface area contributed by atoms with Crippen LogP contribution in [0, 0.1) is 0 Å². The predicted octanol–water partition coefficient (Wildman–Crippen LogP) is 4.59. The maximum atomic E-state index is 10.9. The quantitative estimate of drug-likeness (QED) is 0.708. The third-order valence-electron chi connectivity index (χ3n) is 4.63. The molecule has 0 saturated heterocycles. The zero-order valence-electron chi connectivity index (χ0n) is 12.7. The number of fused-ring (bicyclic) bond motifs is 3. The first-order valence-corrected chi connectivity index (χ1v) is 7.80. The molecule has 2 nitrogen and oxygen atoms in total. The number of aromatic hydroxyl groups is 1. The average Bonchev–Trinajstić information content (AvgIpc) is 2.56. The van der Waals surface area contributed by atoms with Gasteiger partial charge in [0, 0.05) is 35.6 Å². The van der Waals surface area contributed by atoms with Crippen LogP contribution in [0.4, 0.5) is 5.69 Å². The first kappa shape index (κ1) is 13.2. The van der Waals surface area contributed by atoms with Gasteiger partial charge < -0.3 is 10.0 Å². The van der Waals surface area contributed by atoms with Gasteiger partial charge in [0.15, 0.2) is 0 Å². The summed E-state index contributed by atoms with van der Waals surface area (Å²) >= 11 is 0. The van der Waals surface area contributed by atoms with Gasteiger partial charge in [0.1, 0.15) is 5.75 Å². The number of phenols is 1. The highest BCUT2D eigenvalue weighted by molar-refractivity contribution is 6.05. The predicted molar refractivity (Wildman–Crippen MR) is 92.6 cm³/mol. The molecule has 1 heterocycles. The van der Waals surface area contributed by atoms with E-state index < -0.39 is 0 Å². The van der Waals surface area contributed by atoms with Gasteiger partial charge in [-0.2, -0.15) is 0 Å². The largest absolute Gasteiger partial charge is 0.507 e. The van der Waals surface area contributed by atoms with Gasteiger partial charge in [-0.25, -0.2) is 0 Å². The van der Waals surface area contributed by atoms with Gasteiger partial charge >= 0.3 is 0 Å². The van der Waals surface area contributed by atoms with E-state index in [0.29, 0.717) is 5.75 Å². The number of anilines is 1. The van der Waals surface area contributed by atoms with E-state index in [9.17, 15) is 5.11 Å². The molecule has 3 aromatic carbocycles. The van der Waals surface area contributed by atoms with E-state index in [1.165, 1.54) is 11.3 Å². The lowest BCUT2D eigenvalue weighted by atomic mass is 9.87. The minimum Gasteiger partial charge on any atom is -0.507 e. The van der Waals surface area contributed by atoms with Crippen molar-refractivity contribution < 1.29 is 5.11 Å². The van der Waals surface area contributed by atoms with E-state index in [0.717, 1.165) is 41.3 Å². The Balaban J connectivity index is 2.15. The Morgan fingerprint density at radius 3 is 2.36 bits per heavy atom. The molecule has 22 heavy (non-hydrogen) atoms. The fraction of sp³-hybridized carbons (Fsp3) is 0.200. The zero-order chi connectivity index (χ0) is 15.1. The van der Waals surface area contributed by atoms with Gasteiger partial charge in [-0.15, -0.1) is 0 Å². The summed E-state index contributed by atoms with van der Waals surface area (Å²) < 4.78 is 0. The average molecular weight is 289 g/mol. The number of phenolic OH excluding ortho intramolecular Hbond substituents is 1. The molecule has 0 bridgehead atoms. The molecular weight excluding hydrogens is 270 g/mol. The van der Waals surface area contributed by atoms with Crippen LogP contribution in [0.1, 0.15) is 12.0 Å². The van der Waals surface area contributed by atoms with E-state index in [1.54, 1.807) is 0 Å². The van der Waals surface area contributed by atoms with Crippen molar-refractivity contribution >= 4 is 16.5 Å². The molecule has 3 aromatic rings. The van der Waals surface area contributed by atoms with Gasteiger partial charge in [-0.3, -0.25) is 0 Å². The van der Waals surface area contributed by atoms with E-state index in [2.05, 4.69) is 30.1 Å². The van der Waals surface area contributed by atoms with Crippen LogP contribution in [0.2, 0.25) is 0 Å². The molecule has 1 aliphatic rings. The third-order valence-corrected chi connectivity index (χ3v) is 4.63. The lowest BCUT2D eigenvalue weighted by Gasteiger charge is -2.31.